The van der Waals surface area contributed by atoms with Gasteiger partial charge in [-0.2, -0.15) is 0 Å². The summed E-state index contributed by atoms with van der Waals surface area (Å²) in [6.45, 7) is 0. The molecule has 0 bridgehead atoms. The summed E-state index contributed by atoms with van der Waals surface area (Å²) in [4.78, 5) is 11.1. The van der Waals surface area contributed by atoms with Crippen molar-refractivity contribution in [2.75, 3.05) is 0 Å². The van der Waals surface area contributed by atoms with Gasteiger partial charge in [0, 0.05) is 11.1 Å². The number of hydrogen-bond acceptors (Lipinski definition) is 3. The highest BCUT2D eigenvalue weighted by Gasteiger charge is 2.32. The van der Waals surface area contributed by atoms with Crippen LogP contribution in [0.5, 0.6) is 0 Å². The number of aliphatic hydroxyl groups is 1. The van der Waals surface area contributed by atoms with Crippen LogP contribution in [-0.2, 0) is 9.53 Å². The lowest BCUT2D eigenvalue weighted by molar-refractivity contribution is -0.139. The first kappa shape index (κ1) is 15.1. The van der Waals surface area contributed by atoms with E-state index in [1.54, 1.807) is 0 Å². The molecule has 116 valence electrons. The monoisotopic (exact) mass is 308 g/mol. The highest BCUT2D eigenvalue weighted by molar-refractivity contribution is 5.78. The smallest absolute Gasteiger partial charge is 0.306 e. The summed E-state index contributed by atoms with van der Waals surface area (Å²) in [5, 5.41) is 19.8. The maximum atomic E-state index is 11.1. The molecule has 1 heterocycles. The van der Waals surface area contributed by atoms with E-state index in [4.69, 9.17) is 9.84 Å². The number of ether oxygens (including phenoxy) is 1. The van der Waals surface area contributed by atoms with E-state index >= 15 is 0 Å². The summed E-state index contributed by atoms with van der Waals surface area (Å²) in [6, 6.07) is 18.6. The first-order valence-corrected chi connectivity index (χ1v) is 7.24. The van der Waals surface area contributed by atoms with Gasteiger partial charge < -0.3 is 14.9 Å². The molecule has 0 amide bonds. The van der Waals surface area contributed by atoms with E-state index in [1.807, 2.05) is 60.7 Å². The summed E-state index contributed by atoms with van der Waals surface area (Å²) >= 11 is 0. The molecule has 4 nitrogen and oxygen atoms in total. The Morgan fingerprint density at radius 2 is 1.30 bits per heavy atom. The molecule has 0 spiro atoms. The van der Waals surface area contributed by atoms with Gasteiger partial charge in [0.1, 0.15) is 17.1 Å². The van der Waals surface area contributed by atoms with Crippen LogP contribution < -0.4 is 0 Å². The lowest BCUT2D eigenvalue weighted by Gasteiger charge is -2.28. The Morgan fingerprint density at radius 1 is 0.870 bits per heavy atom. The third kappa shape index (κ3) is 3.49. The van der Waals surface area contributed by atoms with E-state index in [0.29, 0.717) is 11.5 Å². The van der Waals surface area contributed by atoms with E-state index in [1.165, 1.54) is 12.2 Å². The van der Waals surface area contributed by atoms with Gasteiger partial charge in [-0.05, 0) is 12.2 Å². The minimum absolute atomic E-state index is 0.428. The van der Waals surface area contributed by atoms with Crippen molar-refractivity contribution in [2.45, 2.75) is 12.0 Å². The van der Waals surface area contributed by atoms with Crippen molar-refractivity contribution >= 4 is 17.5 Å². The average molecular weight is 308 g/mol. The minimum Gasteiger partial charge on any atom is -0.481 e. The minimum atomic E-state index is -1.60. The maximum Gasteiger partial charge on any atom is 0.306 e. The molecule has 0 aliphatic carbocycles. The molecule has 2 aromatic rings. The number of aliphatic carboxylic acids is 1. The van der Waals surface area contributed by atoms with Gasteiger partial charge in [-0.1, -0.05) is 60.7 Å². The molecule has 4 heteroatoms. The fraction of sp³-hybridized carbons (Fsp3) is 0.105. The Labute approximate surface area is 134 Å². The molecule has 23 heavy (non-hydrogen) atoms. The maximum absolute atomic E-state index is 11.1. The summed E-state index contributed by atoms with van der Waals surface area (Å²) < 4.78 is 5.90. The molecule has 3 rings (SSSR count). The third-order valence-corrected chi connectivity index (χ3v) is 3.53. The van der Waals surface area contributed by atoms with Crippen LogP contribution in [0.3, 0.4) is 0 Å². The predicted octanol–water partition coefficient (Wildman–Crippen LogP) is 3.30. The summed E-state index contributed by atoms with van der Waals surface area (Å²) in [6.07, 6.45) is 2.47. The van der Waals surface area contributed by atoms with E-state index in [9.17, 15) is 9.90 Å². The zero-order valence-electron chi connectivity index (χ0n) is 12.3. The quantitative estimate of drug-likeness (QED) is 0.909. The van der Waals surface area contributed by atoms with Gasteiger partial charge in [-0.25, -0.2) is 0 Å². The van der Waals surface area contributed by atoms with Crippen LogP contribution in [-0.4, -0.2) is 21.8 Å². The van der Waals surface area contributed by atoms with E-state index in [-0.39, 0.29) is 0 Å². The average Bonchev–Trinajstić information content (AvgIpc) is 2.55. The molecule has 0 unspecified atom stereocenters. The van der Waals surface area contributed by atoms with E-state index in [2.05, 4.69) is 0 Å². The zero-order chi connectivity index (χ0) is 16.3. The second kappa shape index (κ2) is 6.10. The third-order valence-electron chi connectivity index (χ3n) is 3.53. The number of carboxylic acid groups (broad SMARTS) is 1. The topological polar surface area (TPSA) is 66.8 Å². The SMILES string of the molecule is O=C(O)CC1(O)C=C(c2ccccc2)OC(c2ccccc2)=C1. The Hall–Kier alpha value is -2.85. The van der Waals surface area contributed by atoms with Gasteiger partial charge in [-0.3, -0.25) is 4.79 Å². The predicted molar refractivity (Wildman–Crippen MR) is 87.1 cm³/mol. The lowest BCUT2D eigenvalue weighted by Crippen LogP contribution is -2.30. The van der Waals surface area contributed by atoms with Crippen LogP contribution in [0.15, 0.2) is 72.8 Å². The first-order chi connectivity index (χ1) is 11.1. The number of rotatable bonds is 4. The van der Waals surface area contributed by atoms with E-state index in [0.717, 1.165) is 11.1 Å². The summed E-state index contributed by atoms with van der Waals surface area (Å²) in [7, 11) is 0. The largest absolute Gasteiger partial charge is 0.481 e. The van der Waals surface area contributed by atoms with E-state index < -0.39 is 18.0 Å². The van der Waals surface area contributed by atoms with Crippen LogP contribution in [0, 0.1) is 0 Å². The number of carboxylic acids is 1. The molecule has 0 radical (unpaired) electrons. The van der Waals surface area contributed by atoms with Gasteiger partial charge in [0.2, 0.25) is 0 Å². The lowest BCUT2D eigenvalue weighted by atomic mass is 9.93. The molecule has 0 atom stereocenters. The van der Waals surface area contributed by atoms with Crippen LogP contribution in [0.2, 0.25) is 0 Å². The molecule has 1 aliphatic heterocycles. The Kier molecular flexibility index (Phi) is 4.00. The van der Waals surface area contributed by atoms with Crippen LogP contribution in [0.25, 0.3) is 11.5 Å². The number of carbonyl (C=O) groups is 1. The molecule has 0 fully saturated rings. The molecule has 0 saturated heterocycles. The highest BCUT2D eigenvalue weighted by atomic mass is 16.5. The Balaban J connectivity index is 2.04. The van der Waals surface area contributed by atoms with Crippen molar-refractivity contribution in [1.82, 2.24) is 0 Å². The van der Waals surface area contributed by atoms with Crippen molar-refractivity contribution in [3.05, 3.63) is 83.9 Å². The molecule has 2 N–H and O–H groups in total. The van der Waals surface area contributed by atoms with Gasteiger partial charge in [-0.15, -0.1) is 0 Å². The van der Waals surface area contributed by atoms with Crippen molar-refractivity contribution in [2.24, 2.45) is 0 Å². The second-order valence-corrected chi connectivity index (χ2v) is 5.41. The highest BCUT2D eigenvalue weighted by Crippen LogP contribution is 2.35. The molecule has 1 aliphatic rings. The van der Waals surface area contributed by atoms with Gasteiger partial charge >= 0.3 is 5.97 Å². The molecule has 0 saturated carbocycles. The Bertz CT molecular complexity index is 705. The Morgan fingerprint density at radius 3 is 1.70 bits per heavy atom. The molecule has 2 aromatic carbocycles. The summed E-state index contributed by atoms with van der Waals surface area (Å²) in [5.41, 5.74) is -0.0452. The first-order valence-electron chi connectivity index (χ1n) is 7.24. The van der Waals surface area contributed by atoms with Crippen LogP contribution in [0.1, 0.15) is 17.5 Å². The number of benzene rings is 2. The van der Waals surface area contributed by atoms with Crippen molar-refractivity contribution in [1.29, 1.82) is 0 Å². The van der Waals surface area contributed by atoms with Crippen LogP contribution in [0.4, 0.5) is 0 Å². The zero-order valence-corrected chi connectivity index (χ0v) is 12.3. The standard InChI is InChI=1S/C19H16O4/c20-18(21)13-19(22)11-16(14-7-3-1-4-8-14)23-17(12-19)15-9-5-2-6-10-15/h1-12,22H,13H2,(H,20,21). The van der Waals surface area contributed by atoms with Crippen molar-refractivity contribution < 1.29 is 19.7 Å². The normalized spacial score (nSPS) is 16.0. The van der Waals surface area contributed by atoms with Crippen molar-refractivity contribution in [3.8, 4) is 0 Å². The van der Waals surface area contributed by atoms with Gasteiger partial charge in [0.25, 0.3) is 0 Å². The number of hydrogen-bond donors (Lipinski definition) is 2. The summed E-state index contributed by atoms with van der Waals surface area (Å²) in [5.74, 6) is -0.201. The molecular weight excluding hydrogens is 292 g/mol. The van der Waals surface area contributed by atoms with Gasteiger partial charge in [0.05, 0.1) is 6.42 Å². The molecule has 0 aromatic heterocycles. The van der Waals surface area contributed by atoms with Crippen LogP contribution >= 0.6 is 0 Å². The second-order valence-electron chi connectivity index (χ2n) is 5.41. The van der Waals surface area contributed by atoms with Gasteiger partial charge in [0.15, 0.2) is 0 Å². The molecular formula is C19H16O4. The fourth-order valence-corrected chi connectivity index (χ4v) is 2.51. The van der Waals surface area contributed by atoms with Crippen molar-refractivity contribution in [3.63, 3.8) is 0 Å². The fourth-order valence-electron chi connectivity index (χ4n) is 2.51.